The Hall–Kier alpha value is -5.44. The van der Waals surface area contributed by atoms with Crippen LogP contribution < -0.4 is 24.3 Å². The van der Waals surface area contributed by atoms with Gasteiger partial charge < -0.3 is 43.6 Å². The highest BCUT2D eigenvalue weighted by molar-refractivity contribution is 6.03. The zero-order valence-electron chi connectivity index (χ0n) is 39.3. The quantitative estimate of drug-likeness (QED) is 0.0475. The molecule has 14 heteroatoms. The normalized spacial score (nSPS) is 23.6. The van der Waals surface area contributed by atoms with Crippen LogP contribution in [-0.4, -0.2) is 85.3 Å². The number of ether oxygens (including phenoxy) is 5. The van der Waals surface area contributed by atoms with E-state index in [1.165, 1.54) is 19.2 Å². The van der Waals surface area contributed by atoms with Gasteiger partial charge in [0.2, 0.25) is 11.7 Å². The average molecular weight is 926 g/mol. The molecule has 6 atom stereocenters. The summed E-state index contributed by atoms with van der Waals surface area (Å²) in [5, 5.41) is 27.6. The molecule has 67 heavy (non-hydrogen) atoms. The maximum Gasteiger partial charge on any atom is 0.417 e. The number of nitrogens with zero attached hydrogens (tertiary/aromatic N) is 2. The number of rotatable bonds is 23. The van der Waals surface area contributed by atoms with Crippen LogP contribution in [0.1, 0.15) is 107 Å². The molecule has 3 N–H and O–H groups in total. The van der Waals surface area contributed by atoms with E-state index in [-0.39, 0.29) is 68.0 Å². The smallest absolute Gasteiger partial charge is 0.417 e. The van der Waals surface area contributed by atoms with Crippen LogP contribution in [0.4, 0.5) is 14.9 Å². The van der Waals surface area contributed by atoms with Gasteiger partial charge in [0, 0.05) is 50.1 Å². The van der Waals surface area contributed by atoms with E-state index in [1.54, 1.807) is 55.7 Å². The number of aliphatic hydroxyl groups is 2. The number of hydrogen-bond acceptors (Lipinski definition) is 11. The van der Waals surface area contributed by atoms with Crippen molar-refractivity contribution in [2.75, 3.05) is 46.0 Å². The molecule has 2 saturated carbocycles. The topological polar surface area (TPSA) is 158 Å². The Kier molecular flexibility index (Phi) is 17.4. The zero-order valence-corrected chi connectivity index (χ0v) is 39.3. The van der Waals surface area contributed by atoms with E-state index in [0.717, 1.165) is 74.5 Å². The van der Waals surface area contributed by atoms with Crippen molar-refractivity contribution >= 4 is 23.4 Å². The Morgan fingerprint density at radius 1 is 0.955 bits per heavy atom. The lowest BCUT2D eigenvalue weighted by Crippen LogP contribution is -2.70. The molecule has 3 aromatic carbocycles. The van der Waals surface area contributed by atoms with E-state index in [4.69, 9.17) is 33.7 Å². The maximum atomic E-state index is 15.1. The third-order valence-corrected chi connectivity index (χ3v) is 14.0. The second kappa shape index (κ2) is 23.5. The van der Waals surface area contributed by atoms with Crippen LogP contribution in [0.3, 0.4) is 0 Å². The van der Waals surface area contributed by atoms with Gasteiger partial charge in [0.1, 0.15) is 41.5 Å². The van der Waals surface area contributed by atoms with Crippen molar-refractivity contribution in [3.63, 3.8) is 0 Å². The molecule has 0 spiro atoms. The molecular weight excluding hydrogens is 858 g/mol. The van der Waals surface area contributed by atoms with E-state index in [9.17, 15) is 19.4 Å². The van der Waals surface area contributed by atoms with Crippen molar-refractivity contribution in [3.05, 3.63) is 102 Å². The molecule has 1 aliphatic heterocycles. The van der Waals surface area contributed by atoms with Crippen molar-refractivity contribution in [1.82, 2.24) is 4.90 Å². The predicted molar refractivity (Wildman–Crippen MR) is 254 cm³/mol. The molecule has 0 radical (unpaired) electrons. The first kappa shape index (κ1) is 49.5. The Labute approximate surface area is 394 Å². The van der Waals surface area contributed by atoms with Crippen LogP contribution >= 0.6 is 0 Å². The van der Waals surface area contributed by atoms with Crippen LogP contribution in [-0.2, 0) is 20.9 Å². The first-order chi connectivity index (χ1) is 32.7. The van der Waals surface area contributed by atoms with Gasteiger partial charge in [-0.1, -0.05) is 68.0 Å². The molecule has 0 unspecified atom stereocenters. The number of aliphatic hydroxyl groups excluding tert-OH is 2. The molecule has 0 bridgehead atoms. The number of carbonyl (C=O) groups is 2. The van der Waals surface area contributed by atoms with Gasteiger partial charge in [-0.05, 0) is 110 Å². The fourth-order valence-electron chi connectivity index (χ4n) is 10.9. The number of methoxy groups -OCH3 is 2. The summed E-state index contributed by atoms with van der Waals surface area (Å²) < 4.78 is 45.8. The third kappa shape index (κ3) is 11.5. The zero-order chi connectivity index (χ0) is 47.3. The Morgan fingerprint density at radius 3 is 2.40 bits per heavy atom. The van der Waals surface area contributed by atoms with Gasteiger partial charge in [-0.3, -0.25) is 10.1 Å². The molecule has 2 fully saturated rings. The van der Waals surface area contributed by atoms with Crippen molar-refractivity contribution in [3.8, 4) is 23.0 Å². The molecule has 3 aromatic rings. The van der Waals surface area contributed by atoms with Gasteiger partial charge in [0.05, 0.1) is 38.1 Å². The minimum Gasteiger partial charge on any atom is -0.497 e. The predicted octanol–water partition coefficient (Wildman–Crippen LogP) is 10.1. The molecule has 1 heterocycles. The van der Waals surface area contributed by atoms with Crippen LogP contribution in [0, 0.1) is 29.5 Å². The summed E-state index contributed by atoms with van der Waals surface area (Å²) in [6.45, 7) is 6.64. The fraction of sp³-hybridized carbons (Fsp3) is 0.528. The lowest BCUT2D eigenvalue weighted by molar-refractivity contribution is -0.258. The van der Waals surface area contributed by atoms with E-state index in [1.807, 2.05) is 17.9 Å². The minimum absolute atomic E-state index is 0.00620. The standard InChI is InChI=1S/C53H68FN3O10/c1-5-29-64-53-48(57(34-36-17-20-38(54)21-18-36)49(60)26-19-35-13-7-8-14-35)33-45(56-65-6-2)42-30-37(15-9-11-27-58)41(16-10-12-28-59)50(51(42)53)43-31-40(23-25-46(43)67-53)66-52(61)55-44-24-22-39(62-3)32-47(44)63-4/h5,17-18,20-25,30-32,35,37,41,48,50-51,58-59H,1,6-16,19,26-29,33-34H2,2-4H3,(H,55,61)/t37-,41+,48-,50+,51+,53+/m0/s1. The monoisotopic (exact) mass is 925 g/mol. The summed E-state index contributed by atoms with van der Waals surface area (Å²) in [5.74, 6) is -0.612. The van der Waals surface area contributed by atoms with Gasteiger partial charge in [-0.25, -0.2) is 9.18 Å². The van der Waals surface area contributed by atoms with E-state index in [0.29, 0.717) is 60.4 Å². The molecule has 4 aliphatic rings. The number of fused-ring (bicyclic) bond motifs is 2. The SMILES string of the molecule is C=CCO[C@@]12Oc3ccc(OC(=O)Nc4ccc(OC)cc4OC)cc3[C@H]3[C@H](CCCCO)[C@@H](CCCCO)C=C(C(=NOCC)C[C@@H]1N(Cc1ccc(F)cc1)C(=O)CCC1CCCC1)[C@H]32. The highest BCUT2D eigenvalue weighted by Gasteiger charge is 2.65. The van der Waals surface area contributed by atoms with Crippen molar-refractivity contribution in [2.45, 2.75) is 115 Å². The number of halogens is 1. The first-order valence-electron chi connectivity index (χ1n) is 24.1. The van der Waals surface area contributed by atoms with Gasteiger partial charge in [-0.2, -0.15) is 0 Å². The molecule has 362 valence electrons. The fourth-order valence-corrected chi connectivity index (χ4v) is 10.9. The van der Waals surface area contributed by atoms with Gasteiger partial charge >= 0.3 is 6.09 Å². The third-order valence-electron chi connectivity index (χ3n) is 14.0. The summed E-state index contributed by atoms with van der Waals surface area (Å²) >= 11 is 0. The van der Waals surface area contributed by atoms with Gasteiger partial charge in [0.15, 0.2) is 0 Å². The molecule has 3 aliphatic carbocycles. The number of unbranched alkanes of at least 4 members (excludes halogenated alkanes) is 2. The van der Waals surface area contributed by atoms with Crippen LogP contribution in [0.2, 0.25) is 0 Å². The number of oxime groups is 1. The summed E-state index contributed by atoms with van der Waals surface area (Å²) in [6, 6.07) is 15.9. The van der Waals surface area contributed by atoms with Gasteiger partial charge in [0.25, 0.3) is 0 Å². The summed E-state index contributed by atoms with van der Waals surface area (Å²) in [6.07, 6.45) is 13.4. The van der Waals surface area contributed by atoms with Gasteiger partial charge in [-0.15, -0.1) is 6.58 Å². The minimum atomic E-state index is -1.48. The molecule has 2 amide bonds. The number of hydrogen-bond donors (Lipinski definition) is 3. The molecule has 0 saturated heterocycles. The summed E-state index contributed by atoms with van der Waals surface area (Å²) in [7, 11) is 3.05. The molecular formula is C53H68FN3O10. The van der Waals surface area contributed by atoms with Crippen LogP contribution in [0.15, 0.2) is 90.1 Å². The molecule has 13 nitrogen and oxygen atoms in total. The lowest BCUT2D eigenvalue weighted by Gasteiger charge is -2.60. The largest absolute Gasteiger partial charge is 0.497 e. The highest BCUT2D eigenvalue weighted by Crippen LogP contribution is 2.62. The lowest BCUT2D eigenvalue weighted by atomic mass is 9.55. The van der Waals surface area contributed by atoms with Crippen molar-refractivity contribution in [2.24, 2.45) is 28.8 Å². The average Bonchev–Trinajstić information content (AvgIpc) is 3.87. The highest BCUT2D eigenvalue weighted by atomic mass is 19.1. The second-order valence-electron chi connectivity index (χ2n) is 18.1. The molecule has 0 aromatic heterocycles. The second-order valence-corrected chi connectivity index (χ2v) is 18.1. The Bertz CT molecular complexity index is 2210. The van der Waals surface area contributed by atoms with Crippen molar-refractivity contribution in [1.29, 1.82) is 0 Å². The molecule has 7 rings (SSSR count). The van der Waals surface area contributed by atoms with E-state index < -0.39 is 23.8 Å². The Balaban J connectivity index is 1.39. The number of anilines is 1. The van der Waals surface area contributed by atoms with E-state index in [2.05, 4.69) is 18.0 Å². The summed E-state index contributed by atoms with van der Waals surface area (Å²) in [4.78, 5) is 36.5. The Morgan fingerprint density at radius 2 is 1.70 bits per heavy atom. The van der Waals surface area contributed by atoms with Crippen LogP contribution in [0.5, 0.6) is 23.0 Å². The number of allylic oxidation sites excluding steroid dienone is 1. The maximum absolute atomic E-state index is 15.1. The van der Waals surface area contributed by atoms with Crippen molar-refractivity contribution < 1.29 is 52.7 Å². The van der Waals surface area contributed by atoms with E-state index >= 15 is 4.79 Å². The number of benzene rings is 3. The summed E-state index contributed by atoms with van der Waals surface area (Å²) in [5.41, 5.74) is 3.53. The first-order valence-corrected chi connectivity index (χ1v) is 24.1. The number of amides is 2. The number of carbonyl (C=O) groups excluding carboxylic acids is 2. The van der Waals surface area contributed by atoms with Crippen LogP contribution in [0.25, 0.3) is 0 Å². The number of nitrogens with one attached hydrogen (secondary N) is 1.